The largest absolute Gasteiger partial charge is 0.329 e. The second-order valence-corrected chi connectivity index (χ2v) is 7.10. The molecule has 0 aliphatic heterocycles. The molecule has 0 spiro atoms. The Kier molecular flexibility index (Phi) is 6.59. The fraction of sp³-hybridized carbons (Fsp3) is 0.571. The monoisotopic (exact) mass is 336 g/mol. The summed E-state index contributed by atoms with van der Waals surface area (Å²) in [5, 5.41) is 0. The molecule has 4 nitrogen and oxygen atoms in total. The third-order valence-electron chi connectivity index (χ3n) is 3.97. The van der Waals surface area contributed by atoms with Crippen LogP contribution in [-0.2, 0) is 10.0 Å². The first-order valence-corrected chi connectivity index (χ1v) is 8.41. The summed E-state index contributed by atoms with van der Waals surface area (Å²) in [6.45, 7) is 1.92. The molecule has 1 aromatic carbocycles. The average Bonchev–Trinajstić information content (AvgIpc) is 2.92. The minimum atomic E-state index is -3.73. The first-order chi connectivity index (χ1) is 9.44. The van der Waals surface area contributed by atoms with Gasteiger partial charge in [0.1, 0.15) is 5.82 Å². The summed E-state index contributed by atoms with van der Waals surface area (Å²) in [5.41, 5.74) is 6.23. The van der Waals surface area contributed by atoms with Gasteiger partial charge < -0.3 is 5.73 Å². The molecule has 120 valence electrons. The number of nitrogens with one attached hydrogen (secondary N) is 1. The minimum Gasteiger partial charge on any atom is -0.329 e. The number of hydrogen-bond donors (Lipinski definition) is 2. The summed E-state index contributed by atoms with van der Waals surface area (Å²) >= 11 is 0. The van der Waals surface area contributed by atoms with Crippen LogP contribution in [0.5, 0.6) is 0 Å². The fourth-order valence-electron chi connectivity index (χ4n) is 2.82. The van der Waals surface area contributed by atoms with E-state index in [4.69, 9.17) is 5.73 Å². The molecule has 1 unspecified atom stereocenters. The van der Waals surface area contributed by atoms with Crippen LogP contribution in [0.4, 0.5) is 4.39 Å². The van der Waals surface area contributed by atoms with Gasteiger partial charge in [-0.05, 0) is 43.4 Å². The van der Waals surface area contributed by atoms with Crippen LogP contribution in [-0.4, -0.2) is 21.0 Å². The van der Waals surface area contributed by atoms with Crippen molar-refractivity contribution >= 4 is 22.4 Å². The molecule has 1 atom stereocenters. The van der Waals surface area contributed by atoms with E-state index in [0.717, 1.165) is 31.7 Å². The molecule has 0 amide bonds. The van der Waals surface area contributed by atoms with E-state index in [1.54, 1.807) is 6.92 Å². The maximum absolute atomic E-state index is 13.3. The standard InChI is InChI=1S/C14H21FN2O2S.ClH/c1-10-6-7-12(15)8-14(10)20(18,19)17-13(9-16)11-4-2-3-5-11;/h6-8,11,13,17H,2-5,9,16H2,1H3;1H. The Labute approximate surface area is 131 Å². The van der Waals surface area contributed by atoms with Crippen LogP contribution in [0.3, 0.4) is 0 Å². The highest BCUT2D eigenvalue weighted by atomic mass is 35.5. The smallest absolute Gasteiger partial charge is 0.241 e. The molecule has 1 saturated carbocycles. The van der Waals surface area contributed by atoms with Crippen LogP contribution in [0.25, 0.3) is 0 Å². The maximum Gasteiger partial charge on any atom is 0.241 e. The lowest BCUT2D eigenvalue weighted by atomic mass is 9.99. The van der Waals surface area contributed by atoms with Crippen LogP contribution >= 0.6 is 12.4 Å². The molecular formula is C14H22ClFN2O2S. The highest BCUT2D eigenvalue weighted by molar-refractivity contribution is 7.89. The summed E-state index contributed by atoms with van der Waals surface area (Å²) < 4.78 is 40.7. The molecule has 0 aromatic heterocycles. The first kappa shape index (κ1) is 18.4. The van der Waals surface area contributed by atoms with Gasteiger partial charge in [0.2, 0.25) is 10.0 Å². The zero-order chi connectivity index (χ0) is 14.8. The summed E-state index contributed by atoms with van der Waals surface area (Å²) in [6, 6.07) is 3.51. The second-order valence-electron chi connectivity index (χ2n) is 5.42. The van der Waals surface area contributed by atoms with Gasteiger partial charge in [-0.2, -0.15) is 0 Å². The zero-order valence-corrected chi connectivity index (χ0v) is 13.6. The molecule has 0 saturated heterocycles. The van der Waals surface area contributed by atoms with Crippen LogP contribution in [0.1, 0.15) is 31.2 Å². The van der Waals surface area contributed by atoms with Gasteiger partial charge in [-0.3, -0.25) is 0 Å². The lowest BCUT2D eigenvalue weighted by Gasteiger charge is -2.23. The van der Waals surface area contributed by atoms with Gasteiger partial charge in [0, 0.05) is 12.6 Å². The van der Waals surface area contributed by atoms with E-state index in [9.17, 15) is 12.8 Å². The Morgan fingerprint density at radius 3 is 2.57 bits per heavy atom. The highest BCUT2D eigenvalue weighted by Gasteiger charge is 2.29. The van der Waals surface area contributed by atoms with E-state index in [1.165, 1.54) is 12.1 Å². The Morgan fingerprint density at radius 2 is 2.00 bits per heavy atom. The molecule has 1 fully saturated rings. The molecule has 1 aliphatic rings. The Morgan fingerprint density at radius 1 is 1.38 bits per heavy atom. The van der Waals surface area contributed by atoms with Crippen molar-refractivity contribution in [1.82, 2.24) is 4.72 Å². The Balaban J connectivity index is 0.00000220. The van der Waals surface area contributed by atoms with Crippen molar-refractivity contribution in [2.45, 2.75) is 43.5 Å². The van der Waals surface area contributed by atoms with E-state index in [2.05, 4.69) is 4.72 Å². The van der Waals surface area contributed by atoms with Gasteiger partial charge in [-0.1, -0.05) is 18.9 Å². The van der Waals surface area contributed by atoms with Crippen LogP contribution in [0, 0.1) is 18.7 Å². The van der Waals surface area contributed by atoms with E-state index in [1.807, 2.05) is 0 Å². The van der Waals surface area contributed by atoms with Crippen LogP contribution < -0.4 is 10.5 Å². The molecule has 0 radical (unpaired) electrons. The summed E-state index contributed by atoms with van der Waals surface area (Å²) in [7, 11) is -3.73. The third-order valence-corrected chi connectivity index (χ3v) is 5.60. The van der Waals surface area contributed by atoms with Crippen molar-refractivity contribution in [2.75, 3.05) is 6.54 Å². The molecule has 2 rings (SSSR count). The predicted octanol–water partition coefficient (Wildman–Crippen LogP) is 2.35. The quantitative estimate of drug-likeness (QED) is 0.867. The first-order valence-electron chi connectivity index (χ1n) is 6.92. The fourth-order valence-corrected chi connectivity index (χ4v) is 4.40. The normalized spacial score (nSPS) is 17.5. The van der Waals surface area contributed by atoms with Gasteiger partial charge in [0.15, 0.2) is 0 Å². The summed E-state index contributed by atoms with van der Waals surface area (Å²) in [6.07, 6.45) is 4.21. The van der Waals surface area contributed by atoms with Gasteiger partial charge in [-0.15, -0.1) is 12.4 Å². The molecule has 0 heterocycles. The van der Waals surface area contributed by atoms with Gasteiger partial charge in [0.05, 0.1) is 4.90 Å². The maximum atomic E-state index is 13.3. The topological polar surface area (TPSA) is 72.2 Å². The Hall–Kier alpha value is -0.690. The van der Waals surface area contributed by atoms with E-state index < -0.39 is 15.8 Å². The van der Waals surface area contributed by atoms with Gasteiger partial charge in [0.25, 0.3) is 0 Å². The molecule has 0 bridgehead atoms. The van der Waals surface area contributed by atoms with Gasteiger partial charge in [-0.25, -0.2) is 17.5 Å². The molecule has 3 N–H and O–H groups in total. The third kappa shape index (κ3) is 4.39. The number of hydrogen-bond acceptors (Lipinski definition) is 3. The van der Waals surface area contributed by atoms with Crippen molar-refractivity contribution in [3.63, 3.8) is 0 Å². The number of halogens is 2. The van der Waals surface area contributed by atoms with Crippen molar-refractivity contribution in [1.29, 1.82) is 0 Å². The zero-order valence-electron chi connectivity index (χ0n) is 12.0. The van der Waals surface area contributed by atoms with Crippen LogP contribution in [0.15, 0.2) is 23.1 Å². The minimum absolute atomic E-state index is 0. The predicted molar refractivity (Wildman–Crippen MR) is 83.5 cm³/mol. The lowest BCUT2D eigenvalue weighted by Crippen LogP contribution is -2.44. The number of benzene rings is 1. The van der Waals surface area contributed by atoms with Crippen molar-refractivity contribution in [2.24, 2.45) is 11.7 Å². The Bertz CT molecular complexity index is 574. The molecule has 21 heavy (non-hydrogen) atoms. The summed E-state index contributed by atoms with van der Waals surface area (Å²) in [4.78, 5) is -0.00560. The second kappa shape index (κ2) is 7.54. The number of sulfonamides is 1. The number of rotatable bonds is 5. The molecular weight excluding hydrogens is 315 g/mol. The van der Waals surface area contributed by atoms with Crippen LogP contribution in [0.2, 0.25) is 0 Å². The number of nitrogens with two attached hydrogens (primary N) is 1. The SMILES string of the molecule is Cc1ccc(F)cc1S(=O)(=O)NC(CN)C1CCCC1.Cl. The van der Waals surface area contributed by atoms with E-state index >= 15 is 0 Å². The van der Waals surface area contributed by atoms with Crippen molar-refractivity contribution in [3.05, 3.63) is 29.6 Å². The van der Waals surface area contributed by atoms with E-state index in [0.29, 0.717) is 5.56 Å². The highest BCUT2D eigenvalue weighted by Crippen LogP contribution is 2.28. The number of aryl methyl sites for hydroxylation is 1. The summed E-state index contributed by atoms with van der Waals surface area (Å²) in [5.74, 6) is -0.273. The molecule has 7 heteroatoms. The van der Waals surface area contributed by atoms with Crippen molar-refractivity contribution < 1.29 is 12.8 Å². The molecule has 1 aliphatic carbocycles. The molecule has 1 aromatic rings. The van der Waals surface area contributed by atoms with Crippen molar-refractivity contribution in [3.8, 4) is 0 Å². The lowest BCUT2D eigenvalue weighted by molar-refractivity contribution is 0.405. The average molecular weight is 337 g/mol. The van der Waals surface area contributed by atoms with Gasteiger partial charge >= 0.3 is 0 Å². The van der Waals surface area contributed by atoms with E-state index in [-0.39, 0.29) is 35.8 Å².